The summed E-state index contributed by atoms with van der Waals surface area (Å²) < 4.78 is 25.9. The first-order valence-corrected chi connectivity index (χ1v) is 4.62. The molecule has 0 fully saturated rings. The first-order chi connectivity index (χ1) is 6.50. The van der Waals surface area contributed by atoms with E-state index in [1.54, 1.807) is 0 Å². The summed E-state index contributed by atoms with van der Waals surface area (Å²) >= 11 is 0. The third kappa shape index (κ3) is 2.77. The Balaban J connectivity index is 2.80. The van der Waals surface area contributed by atoms with Crippen LogP contribution in [0.1, 0.15) is 19.4 Å². The number of benzene rings is 1. The molecule has 14 heavy (non-hydrogen) atoms. The first-order valence-electron chi connectivity index (χ1n) is 4.62. The van der Waals surface area contributed by atoms with Gasteiger partial charge in [-0.15, -0.1) is 0 Å². The van der Waals surface area contributed by atoms with Gasteiger partial charge in [0.25, 0.3) is 0 Å². The van der Waals surface area contributed by atoms with Crippen molar-refractivity contribution < 1.29 is 13.9 Å². The zero-order chi connectivity index (χ0) is 10.7. The SMILES string of the molecule is CC(C)C(O)Cc1cc(F)ccc1F. The quantitative estimate of drug-likeness (QED) is 0.794. The molecule has 0 heterocycles. The van der Waals surface area contributed by atoms with Crippen molar-refractivity contribution in [2.24, 2.45) is 5.92 Å². The summed E-state index contributed by atoms with van der Waals surface area (Å²) in [6.07, 6.45) is -0.479. The molecule has 1 aromatic rings. The van der Waals surface area contributed by atoms with Gasteiger partial charge in [-0.05, 0) is 29.7 Å². The van der Waals surface area contributed by atoms with Crippen LogP contribution in [0.2, 0.25) is 0 Å². The molecule has 0 amide bonds. The molecule has 0 bridgehead atoms. The average molecular weight is 200 g/mol. The Bertz CT molecular complexity index is 310. The minimum atomic E-state index is -0.633. The van der Waals surface area contributed by atoms with Crippen LogP contribution in [0.4, 0.5) is 8.78 Å². The van der Waals surface area contributed by atoms with Crippen molar-refractivity contribution in [3.05, 3.63) is 35.4 Å². The highest BCUT2D eigenvalue weighted by Crippen LogP contribution is 2.14. The van der Waals surface area contributed by atoms with E-state index in [1.165, 1.54) is 0 Å². The Morgan fingerprint density at radius 3 is 2.50 bits per heavy atom. The third-order valence-corrected chi connectivity index (χ3v) is 2.21. The van der Waals surface area contributed by atoms with Gasteiger partial charge in [0.2, 0.25) is 0 Å². The lowest BCUT2D eigenvalue weighted by atomic mass is 9.99. The topological polar surface area (TPSA) is 20.2 Å². The Kier molecular flexibility index (Phi) is 3.58. The highest BCUT2D eigenvalue weighted by Gasteiger charge is 2.13. The van der Waals surface area contributed by atoms with Crippen LogP contribution in [-0.4, -0.2) is 11.2 Å². The van der Waals surface area contributed by atoms with Gasteiger partial charge in [0.05, 0.1) is 6.10 Å². The van der Waals surface area contributed by atoms with Crippen LogP contribution in [0.3, 0.4) is 0 Å². The summed E-state index contributed by atoms with van der Waals surface area (Å²) in [5.74, 6) is -0.902. The van der Waals surface area contributed by atoms with Gasteiger partial charge >= 0.3 is 0 Å². The fourth-order valence-corrected chi connectivity index (χ4v) is 1.16. The van der Waals surface area contributed by atoms with Crippen molar-refractivity contribution in [1.29, 1.82) is 0 Å². The summed E-state index contributed by atoms with van der Waals surface area (Å²) in [5.41, 5.74) is 0.228. The molecule has 0 aliphatic heterocycles. The van der Waals surface area contributed by atoms with Gasteiger partial charge in [-0.25, -0.2) is 8.78 Å². The van der Waals surface area contributed by atoms with Gasteiger partial charge in [-0.3, -0.25) is 0 Å². The molecule has 0 aromatic heterocycles. The number of aliphatic hydroxyl groups is 1. The van der Waals surface area contributed by atoms with Gasteiger partial charge in [0.15, 0.2) is 0 Å². The molecule has 0 aliphatic rings. The van der Waals surface area contributed by atoms with E-state index in [0.29, 0.717) is 0 Å². The van der Waals surface area contributed by atoms with E-state index < -0.39 is 17.7 Å². The predicted molar refractivity (Wildman–Crippen MR) is 50.9 cm³/mol. The average Bonchev–Trinajstić information content (AvgIpc) is 2.11. The maximum absolute atomic E-state index is 13.1. The van der Waals surface area contributed by atoms with Crippen molar-refractivity contribution in [1.82, 2.24) is 0 Å². The maximum atomic E-state index is 13.1. The highest BCUT2D eigenvalue weighted by atomic mass is 19.1. The largest absolute Gasteiger partial charge is 0.393 e. The van der Waals surface area contributed by atoms with Gasteiger partial charge in [-0.1, -0.05) is 13.8 Å². The number of hydrogen-bond donors (Lipinski definition) is 1. The highest BCUT2D eigenvalue weighted by molar-refractivity contribution is 5.19. The molecular formula is C11H14F2O. The van der Waals surface area contributed by atoms with Crippen LogP contribution in [0.15, 0.2) is 18.2 Å². The normalized spacial score (nSPS) is 13.3. The number of hydrogen-bond acceptors (Lipinski definition) is 1. The molecule has 78 valence electrons. The van der Waals surface area contributed by atoms with E-state index in [2.05, 4.69) is 0 Å². The summed E-state index contributed by atoms with van der Waals surface area (Å²) in [5, 5.41) is 9.51. The molecule has 0 saturated heterocycles. The van der Waals surface area contributed by atoms with Crippen LogP contribution in [0.5, 0.6) is 0 Å². The Morgan fingerprint density at radius 2 is 1.93 bits per heavy atom. The lowest BCUT2D eigenvalue weighted by molar-refractivity contribution is 0.124. The molecule has 1 rings (SSSR count). The number of halogens is 2. The standard InChI is InChI=1S/C11H14F2O/c1-7(2)11(14)6-8-5-9(12)3-4-10(8)13/h3-5,7,11,14H,6H2,1-2H3. The zero-order valence-electron chi connectivity index (χ0n) is 8.30. The molecule has 1 N–H and O–H groups in total. The zero-order valence-corrected chi connectivity index (χ0v) is 8.30. The van der Waals surface area contributed by atoms with Crippen LogP contribution >= 0.6 is 0 Å². The molecule has 1 unspecified atom stereocenters. The fraction of sp³-hybridized carbons (Fsp3) is 0.455. The van der Waals surface area contributed by atoms with Gasteiger partial charge in [0, 0.05) is 6.42 Å². The minimum absolute atomic E-state index is 0.0395. The molecule has 1 aromatic carbocycles. The van der Waals surface area contributed by atoms with Crippen molar-refractivity contribution >= 4 is 0 Å². The first kappa shape index (κ1) is 11.1. The van der Waals surface area contributed by atoms with Crippen LogP contribution in [-0.2, 0) is 6.42 Å². The summed E-state index contributed by atoms with van der Waals surface area (Å²) in [4.78, 5) is 0. The van der Waals surface area contributed by atoms with E-state index in [4.69, 9.17) is 0 Å². The maximum Gasteiger partial charge on any atom is 0.126 e. The molecule has 0 radical (unpaired) electrons. The summed E-state index contributed by atoms with van der Waals surface area (Å²) in [7, 11) is 0. The molecule has 0 saturated carbocycles. The molecular weight excluding hydrogens is 186 g/mol. The van der Waals surface area contributed by atoms with Crippen molar-refractivity contribution in [3.8, 4) is 0 Å². The Hall–Kier alpha value is -0.960. The molecule has 1 nitrogen and oxygen atoms in total. The number of rotatable bonds is 3. The van der Waals surface area contributed by atoms with Gasteiger partial charge < -0.3 is 5.11 Å². The predicted octanol–water partition coefficient (Wildman–Crippen LogP) is 2.52. The summed E-state index contributed by atoms with van der Waals surface area (Å²) in [6, 6.07) is 3.28. The van der Waals surface area contributed by atoms with Gasteiger partial charge in [0.1, 0.15) is 11.6 Å². The molecule has 3 heteroatoms. The van der Waals surface area contributed by atoms with E-state index in [0.717, 1.165) is 18.2 Å². The van der Waals surface area contributed by atoms with Gasteiger partial charge in [-0.2, -0.15) is 0 Å². The third-order valence-electron chi connectivity index (χ3n) is 2.21. The minimum Gasteiger partial charge on any atom is -0.393 e. The van der Waals surface area contributed by atoms with E-state index in [-0.39, 0.29) is 17.9 Å². The van der Waals surface area contributed by atoms with E-state index >= 15 is 0 Å². The second-order valence-corrected chi connectivity index (χ2v) is 3.75. The van der Waals surface area contributed by atoms with Crippen molar-refractivity contribution in [3.63, 3.8) is 0 Å². The Morgan fingerprint density at radius 1 is 1.29 bits per heavy atom. The van der Waals surface area contributed by atoms with Crippen molar-refractivity contribution in [2.75, 3.05) is 0 Å². The fourth-order valence-electron chi connectivity index (χ4n) is 1.16. The Labute approximate surface area is 82.4 Å². The van der Waals surface area contributed by atoms with Crippen molar-refractivity contribution in [2.45, 2.75) is 26.4 Å². The molecule has 0 spiro atoms. The number of aliphatic hydroxyl groups excluding tert-OH is 1. The van der Waals surface area contributed by atoms with Crippen LogP contribution < -0.4 is 0 Å². The monoisotopic (exact) mass is 200 g/mol. The second kappa shape index (κ2) is 4.51. The van der Waals surface area contributed by atoms with Crippen LogP contribution in [0, 0.1) is 17.6 Å². The van der Waals surface area contributed by atoms with Crippen LogP contribution in [0.25, 0.3) is 0 Å². The van der Waals surface area contributed by atoms with E-state index in [9.17, 15) is 13.9 Å². The summed E-state index contributed by atoms with van der Waals surface area (Å²) in [6.45, 7) is 3.67. The van der Waals surface area contributed by atoms with E-state index in [1.807, 2.05) is 13.8 Å². The molecule has 0 aliphatic carbocycles. The smallest absolute Gasteiger partial charge is 0.126 e. The lowest BCUT2D eigenvalue weighted by Gasteiger charge is -2.14. The molecule has 1 atom stereocenters. The second-order valence-electron chi connectivity index (χ2n) is 3.75. The lowest BCUT2D eigenvalue weighted by Crippen LogP contribution is -2.18.